The highest BCUT2D eigenvalue weighted by Crippen LogP contribution is 2.08. The van der Waals surface area contributed by atoms with E-state index in [0.29, 0.717) is 5.57 Å². The van der Waals surface area contributed by atoms with Crippen LogP contribution in [0.15, 0.2) is 29.8 Å². The average molecular weight is 178 g/mol. The second kappa shape index (κ2) is 4.80. The summed E-state index contributed by atoms with van der Waals surface area (Å²) in [7, 11) is 0. The van der Waals surface area contributed by atoms with Crippen molar-refractivity contribution in [1.82, 2.24) is 0 Å². The molecule has 0 bridgehead atoms. The third kappa shape index (κ3) is 3.01. The summed E-state index contributed by atoms with van der Waals surface area (Å²) in [5, 5.41) is 17.7. The predicted octanol–water partition coefficient (Wildman–Crippen LogP) is 1.36. The lowest BCUT2D eigenvalue weighted by atomic mass is 10.1. The molecule has 0 aromatic heterocycles. The first-order chi connectivity index (χ1) is 6.26. The van der Waals surface area contributed by atoms with Gasteiger partial charge < -0.3 is 10.2 Å². The van der Waals surface area contributed by atoms with Gasteiger partial charge in [-0.2, -0.15) is 0 Å². The van der Waals surface area contributed by atoms with Gasteiger partial charge in [0.05, 0.1) is 13.2 Å². The van der Waals surface area contributed by atoms with E-state index in [4.69, 9.17) is 10.2 Å². The van der Waals surface area contributed by atoms with Gasteiger partial charge in [0.2, 0.25) is 0 Å². The lowest BCUT2D eigenvalue weighted by molar-refractivity contribution is 0.278. The first-order valence-corrected chi connectivity index (χ1v) is 4.24. The van der Waals surface area contributed by atoms with Crippen LogP contribution in [0.5, 0.6) is 0 Å². The predicted molar refractivity (Wildman–Crippen MR) is 53.3 cm³/mol. The van der Waals surface area contributed by atoms with Gasteiger partial charge in [0.15, 0.2) is 0 Å². The maximum absolute atomic E-state index is 8.83. The molecule has 2 heteroatoms. The lowest BCUT2D eigenvalue weighted by Gasteiger charge is -2.00. The number of hydrogen-bond donors (Lipinski definition) is 2. The smallest absolute Gasteiger partial charge is 0.0667 e. The SMILES string of the molecule is Cc1cccc(C=C(CO)CO)c1. The minimum atomic E-state index is -0.0928. The fourth-order valence-electron chi connectivity index (χ4n) is 1.14. The number of aryl methyl sites for hydroxylation is 1. The van der Waals surface area contributed by atoms with E-state index in [-0.39, 0.29) is 13.2 Å². The largest absolute Gasteiger partial charge is 0.392 e. The maximum Gasteiger partial charge on any atom is 0.0667 e. The number of benzene rings is 1. The Balaban J connectivity index is 2.89. The number of aliphatic hydroxyl groups is 2. The van der Waals surface area contributed by atoms with Gasteiger partial charge in [0.25, 0.3) is 0 Å². The number of hydrogen-bond acceptors (Lipinski definition) is 2. The summed E-state index contributed by atoms with van der Waals surface area (Å²) in [4.78, 5) is 0. The zero-order valence-corrected chi connectivity index (χ0v) is 7.70. The van der Waals surface area contributed by atoms with Crippen LogP contribution in [0, 0.1) is 6.92 Å². The molecule has 0 amide bonds. The minimum absolute atomic E-state index is 0.0928. The summed E-state index contributed by atoms with van der Waals surface area (Å²) in [6.45, 7) is 1.82. The summed E-state index contributed by atoms with van der Waals surface area (Å²) in [6.07, 6.45) is 1.80. The van der Waals surface area contributed by atoms with Crippen molar-refractivity contribution in [2.45, 2.75) is 6.92 Å². The molecule has 1 rings (SSSR count). The van der Waals surface area contributed by atoms with Crippen LogP contribution < -0.4 is 0 Å². The molecule has 0 spiro atoms. The second-order valence-electron chi connectivity index (χ2n) is 3.03. The van der Waals surface area contributed by atoms with Gasteiger partial charge in [-0.1, -0.05) is 35.9 Å². The number of rotatable bonds is 3. The van der Waals surface area contributed by atoms with Crippen LogP contribution in [0.2, 0.25) is 0 Å². The van der Waals surface area contributed by atoms with Crippen molar-refractivity contribution in [2.24, 2.45) is 0 Å². The molecular weight excluding hydrogens is 164 g/mol. The summed E-state index contributed by atoms with van der Waals surface area (Å²) in [5.41, 5.74) is 2.81. The van der Waals surface area contributed by atoms with Gasteiger partial charge >= 0.3 is 0 Å². The molecule has 2 N–H and O–H groups in total. The molecule has 0 atom stereocenters. The molecule has 0 aliphatic rings. The van der Waals surface area contributed by atoms with Crippen molar-refractivity contribution >= 4 is 6.08 Å². The van der Waals surface area contributed by atoms with Gasteiger partial charge in [-0.15, -0.1) is 0 Å². The molecule has 70 valence electrons. The Kier molecular flexibility index (Phi) is 3.68. The Hall–Kier alpha value is -1.12. The van der Waals surface area contributed by atoms with E-state index >= 15 is 0 Å². The highest BCUT2D eigenvalue weighted by Gasteiger charge is 1.93. The molecule has 0 aliphatic carbocycles. The summed E-state index contributed by atoms with van der Waals surface area (Å²) in [6, 6.07) is 7.91. The highest BCUT2D eigenvalue weighted by atomic mass is 16.3. The highest BCUT2D eigenvalue weighted by molar-refractivity contribution is 5.53. The maximum atomic E-state index is 8.83. The van der Waals surface area contributed by atoms with E-state index in [9.17, 15) is 0 Å². The quantitative estimate of drug-likeness (QED) is 0.733. The first kappa shape index (κ1) is 9.96. The van der Waals surface area contributed by atoms with Gasteiger partial charge in [0, 0.05) is 0 Å². The minimum Gasteiger partial charge on any atom is -0.392 e. The fraction of sp³-hybridized carbons (Fsp3) is 0.273. The van der Waals surface area contributed by atoms with Crippen molar-refractivity contribution in [3.8, 4) is 0 Å². The molecule has 0 saturated heterocycles. The van der Waals surface area contributed by atoms with Crippen LogP contribution in [0.3, 0.4) is 0 Å². The van der Waals surface area contributed by atoms with E-state index in [1.165, 1.54) is 5.56 Å². The zero-order valence-electron chi connectivity index (χ0n) is 7.70. The van der Waals surface area contributed by atoms with Gasteiger partial charge in [-0.25, -0.2) is 0 Å². The van der Waals surface area contributed by atoms with Crippen molar-refractivity contribution in [3.63, 3.8) is 0 Å². The van der Waals surface area contributed by atoms with Crippen molar-refractivity contribution in [1.29, 1.82) is 0 Å². The van der Waals surface area contributed by atoms with Crippen LogP contribution >= 0.6 is 0 Å². The standard InChI is InChI=1S/C11H14O2/c1-9-3-2-4-10(5-9)6-11(7-12)8-13/h2-6,12-13H,7-8H2,1H3. The van der Waals surface area contributed by atoms with E-state index in [0.717, 1.165) is 5.56 Å². The Bertz CT molecular complexity index is 297. The molecule has 0 fully saturated rings. The van der Waals surface area contributed by atoms with Crippen molar-refractivity contribution in [3.05, 3.63) is 41.0 Å². The normalized spacial score (nSPS) is 9.77. The molecule has 0 heterocycles. The van der Waals surface area contributed by atoms with Crippen LogP contribution in [-0.2, 0) is 0 Å². The molecule has 1 aromatic carbocycles. The lowest BCUT2D eigenvalue weighted by Crippen LogP contribution is -1.95. The van der Waals surface area contributed by atoms with Gasteiger partial charge in [0.1, 0.15) is 0 Å². The van der Waals surface area contributed by atoms with E-state index in [1.54, 1.807) is 6.08 Å². The van der Waals surface area contributed by atoms with Gasteiger partial charge in [-0.3, -0.25) is 0 Å². The van der Waals surface area contributed by atoms with Crippen molar-refractivity contribution < 1.29 is 10.2 Å². The molecule has 2 nitrogen and oxygen atoms in total. The summed E-state index contributed by atoms with van der Waals surface area (Å²) < 4.78 is 0. The molecule has 1 aromatic rings. The second-order valence-corrected chi connectivity index (χ2v) is 3.03. The van der Waals surface area contributed by atoms with Crippen LogP contribution in [0.1, 0.15) is 11.1 Å². The van der Waals surface area contributed by atoms with Crippen LogP contribution in [-0.4, -0.2) is 23.4 Å². The summed E-state index contributed by atoms with van der Waals surface area (Å²) >= 11 is 0. The fourth-order valence-corrected chi connectivity index (χ4v) is 1.14. The number of aliphatic hydroxyl groups excluding tert-OH is 2. The molecule has 0 aliphatic heterocycles. The van der Waals surface area contributed by atoms with Crippen LogP contribution in [0.25, 0.3) is 6.08 Å². The molecule has 0 saturated carbocycles. The Morgan fingerprint density at radius 1 is 1.31 bits per heavy atom. The molecule has 13 heavy (non-hydrogen) atoms. The third-order valence-corrected chi connectivity index (χ3v) is 1.82. The Morgan fingerprint density at radius 3 is 2.54 bits per heavy atom. The van der Waals surface area contributed by atoms with Gasteiger partial charge in [-0.05, 0) is 18.1 Å². The zero-order chi connectivity index (χ0) is 9.68. The first-order valence-electron chi connectivity index (χ1n) is 4.24. The van der Waals surface area contributed by atoms with Crippen LogP contribution in [0.4, 0.5) is 0 Å². The monoisotopic (exact) mass is 178 g/mol. The molecule has 0 radical (unpaired) electrons. The summed E-state index contributed by atoms with van der Waals surface area (Å²) in [5.74, 6) is 0. The average Bonchev–Trinajstić information content (AvgIpc) is 2.14. The third-order valence-electron chi connectivity index (χ3n) is 1.82. The van der Waals surface area contributed by atoms with E-state index in [2.05, 4.69) is 0 Å². The molecule has 0 unspecified atom stereocenters. The van der Waals surface area contributed by atoms with E-state index in [1.807, 2.05) is 31.2 Å². The Morgan fingerprint density at radius 2 is 2.00 bits per heavy atom. The Labute approximate surface area is 78.2 Å². The molecular formula is C11H14O2. The van der Waals surface area contributed by atoms with E-state index < -0.39 is 0 Å². The topological polar surface area (TPSA) is 40.5 Å². The van der Waals surface area contributed by atoms with Crippen molar-refractivity contribution in [2.75, 3.05) is 13.2 Å².